The van der Waals surface area contributed by atoms with E-state index in [0.717, 1.165) is 37.1 Å². The number of nitrogens with two attached hydrogens (primary N) is 1. The third kappa shape index (κ3) is 5.15. The molecular weight excluding hydrogens is 319 g/mol. The monoisotopic (exact) mass is 344 g/mol. The molecule has 3 atom stereocenters. The van der Waals surface area contributed by atoms with Gasteiger partial charge in [0.15, 0.2) is 0 Å². The first-order valence-corrected chi connectivity index (χ1v) is 8.12. The van der Waals surface area contributed by atoms with Gasteiger partial charge in [0.25, 0.3) is 0 Å². The molecule has 0 saturated heterocycles. The second-order valence-corrected chi connectivity index (χ2v) is 6.69. The van der Waals surface area contributed by atoms with E-state index in [1.54, 1.807) is 0 Å². The zero-order valence-electron chi connectivity index (χ0n) is 13.3. The molecular formula is C17H26Cl2N2O. The van der Waals surface area contributed by atoms with E-state index in [0.29, 0.717) is 0 Å². The van der Waals surface area contributed by atoms with Crippen molar-refractivity contribution in [1.29, 1.82) is 0 Å². The summed E-state index contributed by atoms with van der Waals surface area (Å²) in [7, 11) is 1.91. The fourth-order valence-electron chi connectivity index (χ4n) is 3.06. The molecule has 1 amide bonds. The van der Waals surface area contributed by atoms with Crippen LogP contribution in [0, 0.1) is 5.92 Å². The van der Waals surface area contributed by atoms with Crippen LogP contribution >= 0.6 is 24.0 Å². The van der Waals surface area contributed by atoms with Crippen molar-refractivity contribution in [2.75, 3.05) is 7.05 Å². The first-order chi connectivity index (χ1) is 9.97. The predicted octanol–water partition coefficient (Wildman–Crippen LogP) is 3.67. The molecule has 1 aliphatic rings. The van der Waals surface area contributed by atoms with Crippen LogP contribution in [0.5, 0.6) is 0 Å². The van der Waals surface area contributed by atoms with Gasteiger partial charge in [0.05, 0.1) is 0 Å². The van der Waals surface area contributed by atoms with Crippen LogP contribution in [0.4, 0.5) is 0 Å². The van der Waals surface area contributed by atoms with Crippen LogP contribution in [0.15, 0.2) is 24.3 Å². The summed E-state index contributed by atoms with van der Waals surface area (Å²) in [6.45, 7) is 2.09. The van der Waals surface area contributed by atoms with Crippen LogP contribution in [-0.2, 0) is 11.2 Å². The number of carbonyl (C=O) groups excluding carboxylic acids is 1. The van der Waals surface area contributed by atoms with Crippen LogP contribution in [-0.4, -0.2) is 29.9 Å². The lowest BCUT2D eigenvalue weighted by molar-refractivity contribution is -0.137. The molecule has 0 spiro atoms. The number of rotatable bonds is 4. The van der Waals surface area contributed by atoms with Crippen molar-refractivity contribution in [3.05, 3.63) is 34.9 Å². The molecule has 22 heavy (non-hydrogen) atoms. The first kappa shape index (κ1) is 19.3. The zero-order valence-corrected chi connectivity index (χ0v) is 14.9. The molecule has 0 radical (unpaired) electrons. The van der Waals surface area contributed by atoms with E-state index in [1.807, 2.05) is 36.2 Å². The molecule has 1 saturated carbocycles. The summed E-state index contributed by atoms with van der Waals surface area (Å²) < 4.78 is 0. The summed E-state index contributed by atoms with van der Waals surface area (Å²) >= 11 is 5.90. The average molecular weight is 345 g/mol. The minimum atomic E-state index is 0. The minimum absolute atomic E-state index is 0. The van der Waals surface area contributed by atoms with Crippen LogP contribution in [0.2, 0.25) is 5.02 Å². The largest absolute Gasteiger partial charge is 0.342 e. The molecule has 1 fully saturated rings. The molecule has 0 heterocycles. The lowest BCUT2D eigenvalue weighted by Gasteiger charge is -2.32. The average Bonchev–Trinajstić information content (AvgIpc) is 2.48. The smallest absolute Gasteiger partial charge is 0.225 e. The quantitative estimate of drug-likeness (QED) is 0.905. The van der Waals surface area contributed by atoms with Gasteiger partial charge in [-0.2, -0.15) is 0 Å². The summed E-state index contributed by atoms with van der Waals surface area (Å²) in [4.78, 5) is 14.5. The van der Waals surface area contributed by atoms with Gasteiger partial charge in [-0.15, -0.1) is 12.4 Å². The Balaban J connectivity index is 0.00000242. The number of hydrogen-bond donors (Lipinski definition) is 1. The molecule has 1 aromatic carbocycles. The van der Waals surface area contributed by atoms with E-state index in [1.165, 1.54) is 5.56 Å². The molecule has 3 nitrogen and oxygen atoms in total. The van der Waals surface area contributed by atoms with Gasteiger partial charge in [-0.1, -0.05) is 30.2 Å². The van der Waals surface area contributed by atoms with E-state index in [9.17, 15) is 4.79 Å². The Hall–Kier alpha value is -0.770. The molecule has 1 aliphatic carbocycles. The third-order valence-electron chi connectivity index (χ3n) is 4.52. The Morgan fingerprint density at radius 2 is 2.00 bits per heavy atom. The molecule has 3 unspecified atom stereocenters. The molecule has 0 bridgehead atoms. The molecule has 5 heteroatoms. The summed E-state index contributed by atoms with van der Waals surface area (Å²) in [5, 5.41) is 0.743. The van der Waals surface area contributed by atoms with E-state index in [2.05, 4.69) is 6.92 Å². The van der Waals surface area contributed by atoms with Gasteiger partial charge in [-0.05, 0) is 50.3 Å². The van der Waals surface area contributed by atoms with Gasteiger partial charge in [-0.3, -0.25) is 4.79 Å². The lowest BCUT2D eigenvalue weighted by atomic mass is 9.85. The fourth-order valence-corrected chi connectivity index (χ4v) is 3.18. The SMILES string of the molecule is CC(Cc1ccc(Cl)cc1)N(C)C(=O)C1CCCC(N)C1.Cl. The molecule has 124 valence electrons. The maximum absolute atomic E-state index is 12.6. The number of halogens is 2. The highest BCUT2D eigenvalue weighted by atomic mass is 35.5. The lowest BCUT2D eigenvalue weighted by Crippen LogP contribution is -2.43. The topological polar surface area (TPSA) is 46.3 Å². The van der Waals surface area contributed by atoms with Crippen LogP contribution in [0.25, 0.3) is 0 Å². The van der Waals surface area contributed by atoms with Gasteiger partial charge in [0, 0.05) is 30.1 Å². The van der Waals surface area contributed by atoms with Crippen LogP contribution < -0.4 is 5.73 Å². The molecule has 0 aromatic heterocycles. The Kier molecular flexibility index (Phi) is 7.67. The number of likely N-dealkylation sites (N-methyl/N-ethyl adjacent to an activating group) is 1. The fraction of sp³-hybridized carbons (Fsp3) is 0.588. The Bertz CT molecular complexity index is 478. The minimum Gasteiger partial charge on any atom is -0.342 e. The number of benzene rings is 1. The highest BCUT2D eigenvalue weighted by molar-refractivity contribution is 6.30. The summed E-state index contributed by atoms with van der Waals surface area (Å²) in [5.41, 5.74) is 7.19. The second kappa shape index (κ2) is 8.76. The highest BCUT2D eigenvalue weighted by Gasteiger charge is 2.29. The summed E-state index contributed by atoms with van der Waals surface area (Å²) in [6, 6.07) is 8.20. The molecule has 2 N–H and O–H groups in total. The van der Waals surface area contributed by atoms with Crippen LogP contribution in [0.3, 0.4) is 0 Å². The van der Waals surface area contributed by atoms with Crippen molar-refractivity contribution >= 4 is 29.9 Å². The van der Waals surface area contributed by atoms with Gasteiger partial charge >= 0.3 is 0 Å². The standard InChI is InChI=1S/C17H25ClN2O.ClH/c1-12(10-13-6-8-15(18)9-7-13)20(2)17(21)14-4-3-5-16(19)11-14;/h6-9,12,14,16H,3-5,10-11,19H2,1-2H3;1H. The maximum Gasteiger partial charge on any atom is 0.225 e. The van der Waals surface area contributed by atoms with Crippen molar-refractivity contribution in [2.24, 2.45) is 11.7 Å². The number of amides is 1. The van der Waals surface area contributed by atoms with Gasteiger partial charge in [0.1, 0.15) is 0 Å². The molecule has 2 rings (SSSR count). The van der Waals surface area contributed by atoms with Crippen LogP contribution in [0.1, 0.15) is 38.2 Å². The Morgan fingerprint density at radius 3 is 2.59 bits per heavy atom. The Labute approximate surface area is 144 Å². The normalized spacial score (nSPS) is 22.5. The summed E-state index contributed by atoms with van der Waals surface area (Å²) in [5.74, 6) is 0.345. The van der Waals surface area contributed by atoms with E-state index >= 15 is 0 Å². The molecule has 1 aromatic rings. The van der Waals surface area contributed by atoms with Gasteiger partial charge < -0.3 is 10.6 Å². The molecule has 0 aliphatic heterocycles. The van der Waals surface area contributed by atoms with Crippen molar-refractivity contribution in [2.45, 2.75) is 51.1 Å². The van der Waals surface area contributed by atoms with Crippen molar-refractivity contribution in [1.82, 2.24) is 4.90 Å². The predicted molar refractivity (Wildman–Crippen MR) is 94.6 cm³/mol. The third-order valence-corrected chi connectivity index (χ3v) is 4.77. The van der Waals surface area contributed by atoms with Crippen molar-refractivity contribution in [3.8, 4) is 0 Å². The number of nitrogens with zero attached hydrogens (tertiary/aromatic N) is 1. The highest BCUT2D eigenvalue weighted by Crippen LogP contribution is 2.25. The second-order valence-electron chi connectivity index (χ2n) is 6.25. The maximum atomic E-state index is 12.6. The Morgan fingerprint density at radius 1 is 1.36 bits per heavy atom. The number of carbonyl (C=O) groups is 1. The van der Waals surface area contributed by atoms with E-state index in [-0.39, 0.29) is 36.3 Å². The van der Waals surface area contributed by atoms with Crippen molar-refractivity contribution < 1.29 is 4.79 Å². The van der Waals surface area contributed by atoms with Gasteiger partial charge in [-0.25, -0.2) is 0 Å². The zero-order chi connectivity index (χ0) is 15.4. The summed E-state index contributed by atoms with van der Waals surface area (Å²) in [6.07, 6.45) is 4.77. The van der Waals surface area contributed by atoms with E-state index in [4.69, 9.17) is 17.3 Å². The van der Waals surface area contributed by atoms with E-state index < -0.39 is 0 Å². The number of hydrogen-bond acceptors (Lipinski definition) is 2. The van der Waals surface area contributed by atoms with Gasteiger partial charge in [0.2, 0.25) is 5.91 Å². The first-order valence-electron chi connectivity index (χ1n) is 7.74. The van der Waals surface area contributed by atoms with Crippen molar-refractivity contribution in [3.63, 3.8) is 0 Å².